The number of carboxylic acids is 1. The Morgan fingerprint density at radius 2 is 1.20 bits per heavy atom. The average Bonchev–Trinajstić information content (AvgIpc) is 2.80. The minimum absolute atomic E-state index is 0.0163. The van der Waals surface area contributed by atoms with Crippen LogP contribution in [-0.2, 0) is 11.2 Å². The number of carbonyl (C=O) groups is 1. The molecule has 0 amide bonds. The molecule has 0 saturated carbocycles. The fourth-order valence-electron chi connectivity index (χ4n) is 3.31. The third-order valence-corrected chi connectivity index (χ3v) is 4.95. The van der Waals surface area contributed by atoms with Gasteiger partial charge in [-0.05, 0) is 33.9 Å². The molecule has 0 saturated heterocycles. The van der Waals surface area contributed by atoms with Crippen molar-refractivity contribution in [2.75, 3.05) is 0 Å². The van der Waals surface area contributed by atoms with Gasteiger partial charge in [0.05, 0.1) is 6.04 Å². The van der Waals surface area contributed by atoms with Crippen LogP contribution in [0.15, 0.2) is 103 Å². The zero-order valence-electron chi connectivity index (χ0n) is 16.7. The summed E-state index contributed by atoms with van der Waals surface area (Å²) in [6.07, 6.45) is 0.358. The zero-order chi connectivity index (χ0) is 21.3. The van der Waals surface area contributed by atoms with E-state index >= 15 is 0 Å². The summed E-state index contributed by atoms with van der Waals surface area (Å²) in [5, 5.41) is 11.0. The van der Waals surface area contributed by atoms with E-state index in [1.165, 1.54) is 0 Å². The number of fused-ring (bicyclic) bond motifs is 1. The molecule has 0 aliphatic heterocycles. The van der Waals surface area contributed by atoms with E-state index in [-0.39, 0.29) is 6.04 Å². The Balaban J connectivity index is 0.000000172. The lowest BCUT2D eigenvalue weighted by atomic mass is 9.99. The molecular weight excluding hydrogens is 372 g/mol. The van der Waals surface area contributed by atoms with Crippen molar-refractivity contribution in [3.8, 4) is 0 Å². The van der Waals surface area contributed by atoms with Crippen molar-refractivity contribution in [3.63, 3.8) is 0 Å². The van der Waals surface area contributed by atoms with Crippen LogP contribution in [0.5, 0.6) is 0 Å². The maximum absolute atomic E-state index is 10.7. The van der Waals surface area contributed by atoms with Crippen molar-refractivity contribution in [2.45, 2.75) is 18.5 Å². The van der Waals surface area contributed by atoms with Gasteiger partial charge in [0.15, 0.2) is 0 Å². The van der Waals surface area contributed by atoms with Gasteiger partial charge < -0.3 is 16.6 Å². The van der Waals surface area contributed by atoms with E-state index in [1.807, 2.05) is 78.9 Å². The van der Waals surface area contributed by atoms with Gasteiger partial charge in [0.1, 0.15) is 6.04 Å². The molecule has 1 atom stereocenters. The average molecular weight is 399 g/mol. The van der Waals surface area contributed by atoms with Crippen molar-refractivity contribution in [2.24, 2.45) is 11.5 Å². The van der Waals surface area contributed by atoms with Crippen molar-refractivity contribution < 1.29 is 9.90 Å². The largest absolute Gasteiger partial charge is 0.480 e. The highest BCUT2D eigenvalue weighted by Gasteiger charge is 2.13. The molecule has 0 unspecified atom stereocenters. The van der Waals surface area contributed by atoms with Crippen LogP contribution >= 0.6 is 0 Å². The van der Waals surface area contributed by atoms with Gasteiger partial charge in [-0.25, -0.2) is 0 Å². The SMILES string of the molecule is NC(c1ccccc1)c1ccccc1.N[C@@H](Cc1cccc2ccccc12)C(=O)O. The highest BCUT2D eigenvalue weighted by atomic mass is 16.4. The summed E-state index contributed by atoms with van der Waals surface area (Å²) in [6, 6.07) is 33.1. The number of rotatable bonds is 5. The van der Waals surface area contributed by atoms with E-state index in [4.69, 9.17) is 16.6 Å². The van der Waals surface area contributed by atoms with Gasteiger partial charge in [-0.15, -0.1) is 0 Å². The van der Waals surface area contributed by atoms with Crippen molar-refractivity contribution in [1.29, 1.82) is 0 Å². The Labute approximate surface area is 176 Å². The number of hydrogen-bond acceptors (Lipinski definition) is 3. The zero-order valence-corrected chi connectivity index (χ0v) is 16.7. The van der Waals surface area contributed by atoms with Gasteiger partial charge in [0, 0.05) is 0 Å². The Hall–Kier alpha value is -3.47. The fourth-order valence-corrected chi connectivity index (χ4v) is 3.31. The Morgan fingerprint density at radius 1 is 0.700 bits per heavy atom. The second-order valence-electron chi connectivity index (χ2n) is 7.09. The first-order chi connectivity index (χ1) is 14.6. The van der Waals surface area contributed by atoms with Crippen molar-refractivity contribution >= 4 is 16.7 Å². The summed E-state index contributed by atoms with van der Waals surface area (Å²) in [5.41, 5.74) is 14.9. The van der Waals surface area contributed by atoms with Crippen LogP contribution in [-0.4, -0.2) is 17.1 Å². The lowest BCUT2D eigenvalue weighted by molar-refractivity contribution is -0.138. The molecule has 0 heterocycles. The smallest absolute Gasteiger partial charge is 0.320 e. The molecule has 0 aromatic heterocycles. The van der Waals surface area contributed by atoms with E-state index in [9.17, 15) is 4.79 Å². The number of benzene rings is 4. The number of hydrogen-bond donors (Lipinski definition) is 3. The highest BCUT2D eigenvalue weighted by Crippen LogP contribution is 2.20. The van der Waals surface area contributed by atoms with Gasteiger partial charge in [-0.2, -0.15) is 0 Å². The third kappa shape index (κ3) is 5.54. The minimum atomic E-state index is -0.965. The lowest BCUT2D eigenvalue weighted by Crippen LogP contribution is -2.32. The number of aliphatic carboxylic acids is 1. The van der Waals surface area contributed by atoms with Crippen molar-refractivity contribution in [1.82, 2.24) is 0 Å². The number of nitrogens with two attached hydrogens (primary N) is 2. The molecule has 0 spiro atoms. The molecule has 0 radical (unpaired) electrons. The van der Waals surface area contributed by atoms with Gasteiger partial charge in [0.2, 0.25) is 0 Å². The predicted molar refractivity (Wildman–Crippen MR) is 122 cm³/mol. The van der Waals surface area contributed by atoms with E-state index in [0.29, 0.717) is 6.42 Å². The molecule has 0 aliphatic rings. The molecule has 5 N–H and O–H groups in total. The second kappa shape index (κ2) is 10.3. The monoisotopic (exact) mass is 398 g/mol. The van der Waals surface area contributed by atoms with Gasteiger partial charge in [-0.1, -0.05) is 103 Å². The first kappa shape index (κ1) is 21.2. The molecule has 0 fully saturated rings. The summed E-state index contributed by atoms with van der Waals surface area (Å²) in [4.78, 5) is 10.7. The highest BCUT2D eigenvalue weighted by molar-refractivity contribution is 5.86. The molecule has 0 aliphatic carbocycles. The lowest BCUT2D eigenvalue weighted by Gasteiger charge is -2.11. The van der Waals surface area contributed by atoms with E-state index in [2.05, 4.69) is 24.3 Å². The quantitative estimate of drug-likeness (QED) is 0.461. The third-order valence-electron chi connectivity index (χ3n) is 4.95. The van der Waals surface area contributed by atoms with Gasteiger partial charge >= 0.3 is 5.97 Å². The van der Waals surface area contributed by atoms with Crippen molar-refractivity contribution in [3.05, 3.63) is 120 Å². The summed E-state index contributed by atoms with van der Waals surface area (Å²) >= 11 is 0. The summed E-state index contributed by atoms with van der Waals surface area (Å²) in [5.74, 6) is -0.965. The fraction of sp³-hybridized carbons (Fsp3) is 0.115. The number of carboxylic acid groups (broad SMARTS) is 1. The van der Waals surface area contributed by atoms with Crippen LogP contribution in [0.4, 0.5) is 0 Å². The topological polar surface area (TPSA) is 89.3 Å². The first-order valence-corrected chi connectivity index (χ1v) is 9.86. The summed E-state index contributed by atoms with van der Waals surface area (Å²) in [7, 11) is 0. The van der Waals surface area contributed by atoms with Crippen LogP contribution in [0, 0.1) is 0 Å². The molecular formula is C26H26N2O2. The minimum Gasteiger partial charge on any atom is -0.480 e. The van der Waals surface area contributed by atoms with E-state index in [0.717, 1.165) is 27.5 Å². The molecule has 4 aromatic rings. The molecule has 4 heteroatoms. The summed E-state index contributed by atoms with van der Waals surface area (Å²) in [6.45, 7) is 0. The molecule has 4 rings (SSSR count). The summed E-state index contributed by atoms with van der Waals surface area (Å²) < 4.78 is 0. The van der Waals surface area contributed by atoms with Crippen LogP contribution in [0.25, 0.3) is 10.8 Å². The van der Waals surface area contributed by atoms with Gasteiger partial charge in [0.25, 0.3) is 0 Å². The normalized spacial score (nSPS) is 11.6. The Bertz CT molecular complexity index is 1040. The van der Waals surface area contributed by atoms with E-state index in [1.54, 1.807) is 0 Å². The maximum Gasteiger partial charge on any atom is 0.320 e. The molecule has 4 nitrogen and oxygen atoms in total. The molecule has 0 bridgehead atoms. The standard InChI is InChI=1S/C13H13NO2.C13H13N/c14-12(13(15)16)8-10-6-3-5-9-4-1-2-7-11(9)10;14-13(11-7-3-1-4-8-11)12-9-5-2-6-10-12/h1-7,12H,8,14H2,(H,15,16);1-10,13H,14H2/t12-;/m0./s1. The molecule has 4 aromatic carbocycles. The van der Waals surface area contributed by atoms with Gasteiger partial charge in [-0.3, -0.25) is 4.79 Å². The first-order valence-electron chi connectivity index (χ1n) is 9.86. The Morgan fingerprint density at radius 3 is 1.77 bits per heavy atom. The molecule has 152 valence electrons. The maximum atomic E-state index is 10.7. The molecule has 30 heavy (non-hydrogen) atoms. The van der Waals surface area contributed by atoms with Crippen LogP contribution < -0.4 is 11.5 Å². The predicted octanol–water partition coefficient (Wildman–Crippen LogP) is 4.53. The second-order valence-corrected chi connectivity index (χ2v) is 7.09. The van der Waals surface area contributed by atoms with Crippen LogP contribution in [0.2, 0.25) is 0 Å². The van der Waals surface area contributed by atoms with Crippen LogP contribution in [0.3, 0.4) is 0 Å². The Kier molecular flexibility index (Phi) is 7.33. The van der Waals surface area contributed by atoms with Crippen LogP contribution in [0.1, 0.15) is 22.7 Å². The van der Waals surface area contributed by atoms with E-state index < -0.39 is 12.0 Å².